The fourth-order valence-electron chi connectivity index (χ4n) is 1.52. The van der Waals surface area contributed by atoms with Crippen LogP contribution >= 0.6 is 22.9 Å². The predicted molar refractivity (Wildman–Crippen MR) is 72.9 cm³/mol. The van der Waals surface area contributed by atoms with Gasteiger partial charge in [-0.3, -0.25) is 4.79 Å². The lowest BCUT2D eigenvalue weighted by Gasteiger charge is -2.08. The Morgan fingerprint density at radius 1 is 1.50 bits per heavy atom. The van der Waals surface area contributed by atoms with Crippen molar-refractivity contribution in [3.63, 3.8) is 0 Å². The molecule has 0 spiro atoms. The predicted octanol–water partition coefficient (Wildman–Crippen LogP) is 3.54. The fraction of sp³-hybridized carbons (Fsp3) is 0.231. The second-order valence-electron chi connectivity index (χ2n) is 3.79. The molecular weight excluding hydrogens is 270 g/mol. The first kappa shape index (κ1) is 13.1. The van der Waals surface area contributed by atoms with E-state index in [4.69, 9.17) is 16.3 Å². The number of rotatable bonds is 5. The molecule has 0 aliphatic rings. The van der Waals surface area contributed by atoms with Gasteiger partial charge < -0.3 is 4.74 Å². The zero-order chi connectivity index (χ0) is 13.0. The molecule has 0 aliphatic carbocycles. The maximum Gasteiger partial charge on any atom is 0.169 e. The number of aryl methyl sites for hydroxylation is 1. The second-order valence-corrected chi connectivity index (χ2v) is 5.17. The molecule has 0 fully saturated rings. The third kappa shape index (κ3) is 3.31. The Balaban J connectivity index is 1.90. The highest BCUT2D eigenvalue weighted by Crippen LogP contribution is 2.22. The van der Waals surface area contributed by atoms with Crippen LogP contribution in [0.5, 0.6) is 5.75 Å². The van der Waals surface area contributed by atoms with E-state index in [1.54, 1.807) is 11.4 Å². The summed E-state index contributed by atoms with van der Waals surface area (Å²) in [5.41, 5.74) is 1.49. The standard InChI is InChI=1S/C13H12ClNO2S/c1-9-6-10(14)2-3-12(9)17-5-4-13-15-11(7-16)8-18-13/h2-3,6-8H,4-5H2,1H3. The van der Waals surface area contributed by atoms with E-state index in [0.717, 1.165) is 22.6 Å². The van der Waals surface area contributed by atoms with Gasteiger partial charge in [-0.15, -0.1) is 11.3 Å². The molecule has 0 amide bonds. The van der Waals surface area contributed by atoms with Gasteiger partial charge in [-0.25, -0.2) is 4.98 Å². The van der Waals surface area contributed by atoms with Crippen molar-refractivity contribution >= 4 is 29.2 Å². The zero-order valence-corrected chi connectivity index (χ0v) is 11.4. The quantitative estimate of drug-likeness (QED) is 0.787. The van der Waals surface area contributed by atoms with Crippen molar-refractivity contribution in [1.29, 1.82) is 0 Å². The Morgan fingerprint density at radius 3 is 3.00 bits per heavy atom. The van der Waals surface area contributed by atoms with Crippen LogP contribution in [0.25, 0.3) is 0 Å². The van der Waals surface area contributed by atoms with E-state index in [1.165, 1.54) is 11.3 Å². The number of benzene rings is 1. The van der Waals surface area contributed by atoms with Crippen molar-refractivity contribution in [3.8, 4) is 5.75 Å². The van der Waals surface area contributed by atoms with E-state index >= 15 is 0 Å². The molecule has 1 aromatic carbocycles. The molecule has 0 radical (unpaired) electrons. The molecule has 0 bridgehead atoms. The van der Waals surface area contributed by atoms with Gasteiger partial charge in [-0.05, 0) is 30.7 Å². The summed E-state index contributed by atoms with van der Waals surface area (Å²) in [7, 11) is 0. The van der Waals surface area contributed by atoms with Crippen LogP contribution in [0.15, 0.2) is 23.6 Å². The van der Waals surface area contributed by atoms with E-state index in [0.29, 0.717) is 23.7 Å². The van der Waals surface area contributed by atoms with Crippen molar-refractivity contribution in [2.24, 2.45) is 0 Å². The lowest BCUT2D eigenvalue weighted by molar-refractivity contribution is 0.111. The molecule has 94 valence electrons. The number of halogens is 1. The molecule has 0 saturated carbocycles. The van der Waals surface area contributed by atoms with Crippen LogP contribution in [-0.4, -0.2) is 17.9 Å². The molecule has 5 heteroatoms. The second kappa shape index (κ2) is 5.98. The van der Waals surface area contributed by atoms with Gasteiger partial charge in [-0.2, -0.15) is 0 Å². The van der Waals surface area contributed by atoms with Crippen LogP contribution in [0.2, 0.25) is 5.02 Å². The number of ether oxygens (including phenoxy) is 1. The highest BCUT2D eigenvalue weighted by Gasteiger charge is 2.03. The Morgan fingerprint density at radius 2 is 2.33 bits per heavy atom. The van der Waals surface area contributed by atoms with Gasteiger partial charge in [0.05, 0.1) is 11.6 Å². The highest BCUT2D eigenvalue weighted by molar-refractivity contribution is 7.09. The molecule has 0 aliphatic heterocycles. The monoisotopic (exact) mass is 281 g/mol. The average Bonchev–Trinajstić information content (AvgIpc) is 2.80. The molecule has 1 heterocycles. The van der Waals surface area contributed by atoms with Gasteiger partial charge >= 0.3 is 0 Å². The number of nitrogens with zero attached hydrogens (tertiary/aromatic N) is 1. The van der Waals surface area contributed by atoms with Crippen molar-refractivity contribution < 1.29 is 9.53 Å². The number of carbonyl (C=O) groups is 1. The van der Waals surface area contributed by atoms with Gasteiger partial charge in [0.15, 0.2) is 6.29 Å². The van der Waals surface area contributed by atoms with Crippen LogP contribution in [0.4, 0.5) is 0 Å². The van der Waals surface area contributed by atoms with Crippen LogP contribution in [0.3, 0.4) is 0 Å². The fourth-order valence-corrected chi connectivity index (χ4v) is 2.47. The first-order valence-corrected chi connectivity index (χ1v) is 6.73. The summed E-state index contributed by atoms with van der Waals surface area (Å²) in [5, 5.41) is 3.36. The summed E-state index contributed by atoms with van der Waals surface area (Å²) in [6.07, 6.45) is 1.45. The first-order chi connectivity index (χ1) is 8.69. The lowest BCUT2D eigenvalue weighted by atomic mass is 10.2. The summed E-state index contributed by atoms with van der Waals surface area (Å²) in [6.45, 7) is 2.49. The maximum atomic E-state index is 10.5. The number of hydrogen-bond donors (Lipinski definition) is 0. The average molecular weight is 282 g/mol. The number of aldehydes is 1. The van der Waals surface area contributed by atoms with Crippen LogP contribution in [-0.2, 0) is 6.42 Å². The van der Waals surface area contributed by atoms with E-state index in [1.807, 2.05) is 19.1 Å². The van der Waals surface area contributed by atoms with Crippen LogP contribution in [0, 0.1) is 6.92 Å². The van der Waals surface area contributed by atoms with Gasteiger partial charge in [0, 0.05) is 16.8 Å². The normalized spacial score (nSPS) is 10.3. The van der Waals surface area contributed by atoms with Crippen molar-refractivity contribution in [3.05, 3.63) is 44.9 Å². The van der Waals surface area contributed by atoms with Gasteiger partial charge in [0.1, 0.15) is 11.4 Å². The summed E-state index contributed by atoms with van der Waals surface area (Å²) < 4.78 is 5.66. The number of carbonyl (C=O) groups excluding carboxylic acids is 1. The lowest BCUT2D eigenvalue weighted by Crippen LogP contribution is -2.02. The molecule has 1 aromatic heterocycles. The molecule has 2 rings (SSSR count). The van der Waals surface area contributed by atoms with Crippen LogP contribution in [0.1, 0.15) is 21.1 Å². The van der Waals surface area contributed by atoms with Crippen molar-refractivity contribution in [1.82, 2.24) is 4.98 Å². The molecule has 0 unspecified atom stereocenters. The van der Waals surface area contributed by atoms with E-state index in [-0.39, 0.29) is 0 Å². The van der Waals surface area contributed by atoms with Gasteiger partial charge in [0.25, 0.3) is 0 Å². The number of thiazole rings is 1. The SMILES string of the molecule is Cc1cc(Cl)ccc1OCCc1nc(C=O)cs1. The minimum atomic E-state index is 0.484. The Labute approximate surface area is 114 Å². The third-order valence-electron chi connectivity index (χ3n) is 2.40. The third-order valence-corrected chi connectivity index (χ3v) is 3.56. The molecule has 3 nitrogen and oxygen atoms in total. The van der Waals surface area contributed by atoms with E-state index in [9.17, 15) is 4.79 Å². The maximum absolute atomic E-state index is 10.5. The minimum Gasteiger partial charge on any atom is -0.493 e. The zero-order valence-electron chi connectivity index (χ0n) is 9.85. The number of hydrogen-bond acceptors (Lipinski definition) is 4. The molecule has 0 atom stereocenters. The molecule has 18 heavy (non-hydrogen) atoms. The smallest absolute Gasteiger partial charge is 0.169 e. The summed E-state index contributed by atoms with van der Waals surface area (Å²) in [4.78, 5) is 14.6. The molecule has 2 aromatic rings. The Bertz CT molecular complexity index is 554. The largest absolute Gasteiger partial charge is 0.493 e. The number of aromatic nitrogens is 1. The van der Waals surface area contributed by atoms with E-state index < -0.39 is 0 Å². The van der Waals surface area contributed by atoms with Gasteiger partial charge in [-0.1, -0.05) is 11.6 Å². The Hall–Kier alpha value is -1.39. The van der Waals surface area contributed by atoms with Gasteiger partial charge in [0.2, 0.25) is 0 Å². The highest BCUT2D eigenvalue weighted by atomic mass is 35.5. The summed E-state index contributed by atoms with van der Waals surface area (Å²) >= 11 is 7.34. The van der Waals surface area contributed by atoms with Crippen LogP contribution < -0.4 is 4.74 Å². The van der Waals surface area contributed by atoms with Crippen molar-refractivity contribution in [2.45, 2.75) is 13.3 Å². The Kier molecular flexibility index (Phi) is 4.33. The first-order valence-electron chi connectivity index (χ1n) is 5.47. The summed E-state index contributed by atoms with van der Waals surface area (Å²) in [5.74, 6) is 0.826. The molecule has 0 saturated heterocycles. The topological polar surface area (TPSA) is 39.2 Å². The van der Waals surface area contributed by atoms with E-state index in [2.05, 4.69) is 4.98 Å². The summed E-state index contributed by atoms with van der Waals surface area (Å²) in [6, 6.07) is 5.53. The minimum absolute atomic E-state index is 0.484. The molecule has 0 N–H and O–H groups in total. The van der Waals surface area contributed by atoms with Crippen molar-refractivity contribution in [2.75, 3.05) is 6.61 Å². The molecular formula is C13H12ClNO2S.